The molecule has 0 aliphatic heterocycles. The van der Waals surface area contributed by atoms with Crippen molar-refractivity contribution in [2.24, 2.45) is 0 Å². The maximum absolute atomic E-state index is 13.1. The van der Waals surface area contributed by atoms with E-state index in [1.807, 2.05) is 0 Å². The van der Waals surface area contributed by atoms with E-state index in [9.17, 15) is 29.7 Å². The number of aliphatic hydroxyl groups excluding tert-OH is 1. The van der Waals surface area contributed by atoms with E-state index in [1.54, 1.807) is 6.07 Å². The summed E-state index contributed by atoms with van der Waals surface area (Å²) in [5.41, 5.74) is 0.301. The molecule has 0 aliphatic carbocycles. The second-order valence-electron chi connectivity index (χ2n) is 16.6. The molecule has 1 atom stereocenters. The van der Waals surface area contributed by atoms with Gasteiger partial charge < -0.3 is 20.1 Å². The van der Waals surface area contributed by atoms with Crippen LogP contribution in [0.3, 0.4) is 0 Å². The van der Waals surface area contributed by atoms with E-state index >= 15 is 0 Å². The number of Topliss-reactive ketones (excluding diaryl/α,β-unsaturated/α-hetero) is 1. The Labute approximate surface area is 346 Å². The molecule has 0 saturated heterocycles. The van der Waals surface area contributed by atoms with Gasteiger partial charge in [0.1, 0.15) is 22.6 Å². The van der Waals surface area contributed by atoms with Gasteiger partial charge in [0.25, 0.3) is 0 Å². The lowest BCUT2D eigenvalue weighted by atomic mass is 9.99. The number of esters is 1. The molecule has 7 nitrogen and oxygen atoms in total. The molecule has 0 bridgehead atoms. The van der Waals surface area contributed by atoms with E-state index in [4.69, 9.17) is 4.74 Å². The molecule has 57 heavy (non-hydrogen) atoms. The quantitative estimate of drug-likeness (QED) is 0.0269. The first kappa shape index (κ1) is 50.0. The summed E-state index contributed by atoms with van der Waals surface area (Å²) >= 11 is 0. The Morgan fingerprint density at radius 1 is 0.526 bits per heavy atom. The predicted molar refractivity (Wildman–Crippen MR) is 235 cm³/mol. The van der Waals surface area contributed by atoms with Gasteiger partial charge in [0, 0.05) is 12.0 Å². The number of aromatic hydroxyl groups is 1. The number of carboxylic acids is 1. The maximum atomic E-state index is 13.1. The number of hydrogen-bond acceptors (Lipinski definition) is 6. The van der Waals surface area contributed by atoms with Crippen molar-refractivity contribution in [2.75, 3.05) is 0 Å². The molecular formula is C50H80O7. The third-order valence-corrected chi connectivity index (χ3v) is 11.4. The van der Waals surface area contributed by atoms with Gasteiger partial charge in [-0.3, -0.25) is 4.79 Å². The molecule has 0 fully saturated rings. The summed E-state index contributed by atoms with van der Waals surface area (Å²) in [6, 6.07) is 8.40. The number of aromatic carboxylic acids is 1. The number of unbranched alkanes of at least 4 members (excludes halogenated alkanes) is 28. The maximum Gasteiger partial charge on any atom is 0.347 e. The van der Waals surface area contributed by atoms with Crippen molar-refractivity contribution in [3.63, 3.8) is 0 Å². The highest BCUT2D eigenvalue weighted by Gasteiger charge is 2.22. The molecule has 3 N–H and O–H groups in total. The number of hydrogen-bond donors (Lipinski definition) is 3. The first-order chi connectivity index (χ1) is 27.8. The Hall–Kier alpha value is -3.19. The first-order valence-electron chi connectivity index (χ1n) is 23.4. The van der Waals surface area contributed by atoms with Gasteiger partial charge in [0.2, 0.25) is 0 Å². The molecule has 0 spiro atoms. The van der Waals surface area contributed by atoms with Gasteiger partial charge >= 0.3 is 11.9 Å². The lowest BCUT2D eigenvalue weighted by Crippen LogP contribution is -2.13. The minimum atomic E-state index is -1.30. The highest BCUT2D eigenvalue weighted by Crippen LogP contribution is 2.29. The van der Waals surface area contributed by atoms with Crippen LogP contribution in [-0.2, 0) is 0 Å². The number of ether oxygens (including phenoxy) is 1. The number of rotatable bonds is 37. The molecule has 2 aromatic rings. The Balaban J connectivity index is 1.69. The smallest absolute Gasteiger partial charge is 0.347 e. The predicted octanol–water partition coefficient (Wildman–Crippen LogP) is 15.0. The molecule has 322 valence electrons. The standard InChI is InChI=1S/C50H80O7/c1-3-5-7-9-11-13-15-17-19-21-23-25-27-29-31-33-45(51)41-35-37-47(53)43(39-41)50(56)57-48-38-36-42(40-44(48)49(54)55)46(52)34-32-30-28-26-24-22-20-18-16-14-12-10-8-6-4-2/h35-40,46,52-53H,3-34H2,1-2H3,(H,54,55). The summed E-state index contributed by atoms with van der Waals surface area (Å²) < 4.78 is 5.45. The summed E-state index contributed by atoms with van der Waals surface area (Å²) in [5.74, 6) is -2.91. The van der Waals surface area contributed by atoms with E-state index in [2.05, 4.69) is 13.8 Å². The average molecular weight is 793 g/mol. The number of carbonyl (C=O) groups excluding carboxylic acids is 2. The van der Waals surface area contributed by atoms with Crippen molar-refractivity contribution in [3.8, 4) is 11.5 Å². The van der Waals surface area contributed by atoms with Crippen LogP contribution in [0.2, 0.25) is 0 Å². The molecule has 0 amide bonds. The minimum Gasteiger partial charge on any atom is -0.507 e. The minimum absolute atomic E-state index is 0.114. The highest BCUT2D eigenvalue weighted by molar-refractivity contribution is 6.01. The number of carbonyl (C=O) groups is 3. The summed E-state index contributed by atoms with van der Waals surface area (Å²) in [6.45, 7) is 4.51. The summed E-state index contributed by atoms with van der Waals surface area (Å²) in [5, 5.41) is 31.2. The van der Waals surface area contributed by atoms with Gasteiger partial charge in [0.15, 0.2) is 5.78 Å². The van der Waals surface area contributed by atoms with Crippen molar-refractivity contribution in [1.29, 1.82) is 0 Å². The van der Waals surface area contributed by atoms with Crippen LogP contribution in [-0.4, -0.2) is 33.0 Å². The molecule has 0 saturated carbocycles. The van der Waals surface area contributed by atoms with Crippen LogP contribution in [0.1, 0.15) is 262 Å². The molecule has 0 aromatic heterocycles. The van der Waals surface area contributed by atoms with Crippen molar-refractivity contribution < 1.29 is 34.4 Å². The number of benzene rings is 2. The van der Waals surface area contributed by atoms with Crippen molar-refractivity contribution in [2.45, 2.75) is 225 Å². The Kier molecular flexibility index (Phi) is 28.7. The molecule has 1 unspecified atom stereocenters. The SMILES string of the molecule is CCCCCCCCCCCCCCCCCC(=O)c1ccc(O)c(C(=O)Oc2ccc(C(O)CCCCCCCCCCCCCCCCC)cc2C(=O)O)c1. The number of phenolic OH excluding ortho intramolecular Hbond substituents is 1. The van der Waals surface area contributed by atoms with Crippen LogP contribution in [0.4, 0.5) is 0 Å². The number of phenols is 1. The molecule has 2 rings (SSSR count). The van der Waals surface area contributed by atoms with Gasteiger partial charge in [-0.05, 0) is 48.7 Å². The number of aliphatic hydroxyl groups is 1. The highest BCUT2D eigenvalue weighted by atomic mass is 16.5. The van der Waals surface area contributed by atoms with Crippen molar-refractivity contribution >= 4 is 17.7 Å². The summed E-state index contributed by atoms with van der Waals surface area (Å²) in [7, 11) is 0. The molecule has 0 heterocycles. The number of carboxylic acid groups (broad SMARTS) is 1. The Morgan fingerprint density at radius 3 is 1.39 bits per heavy atom. The van der Waals surface area contributed by atoms with Crippen LogP contribution in [0.15, 0.2) is 36.4 Å². The Morgan fingerprint density at radius 2 is 0.947 bits per heavy atom. The normalized spacial score (nSPS) is 11.8. The van der Waals surface area contributed by atoms with E-state index in [0.29, 0.717) is 24.0 Å². The second kappa shape index (κ2) is 32.7. The van der Waals surface area contributed by atoms with Crippen molar-refractivity contribution in [3.05, 3.63) is 58.7 Å². The molecule has 7 heteroatoms. The largest absolute Gasteiger partial charge is 0.507 e. The van der Waals surface area contributed by atoms with E-state index < -0.39 is 18.0 Å². The fourth-order valence-corrected chi connectivity index (χ4v) is 7.72. The zero-order valence-corrected chi connectivity index (χ0v) is 36.1. The van der Waals surface area contributed by atoms with Crippen LogP contribution in [0.25, 0.3) is 0 Å². The van der Waals surface area contributed by atoms with Gasteiger partial charge in [-0.2, -0.15) is 0 Å². The first-order valence-corrected chi connectivity index (χ1v) is 23.4. The van der Waals surface area contributed by atoms with Crippen LogP contribution in [0, 0.1) is 0 Å². The van der Waals surface area contributed by atoms with Gasteiger partial charge in [-0.25, -0.2) is 9.59 Å². The van der Waals surface area contributed by atoms with E-state index in [0.717, 1.165) is 38.5 Å². The zero-order chi connectivity index (χ0) is 41.4. The summed E-state index contributed by atoms with van der Waals surface area (Å²) in [6.07, 6.45) is 37.7. The number of ketones is 1. The zero-order valence-electron chi connectivity index (χ0n) is 36.1. The lowest BCUT2D eigenvalue weighted by molar-refractivity contribution is 0.0680. The monoisotopic (exact) mass is 793 g/mol. The molecular weight excluding hydrogens is 713 g/mol. The third-order valence-electron chi connectivity index (χ3n) is 11.4. The lowest BCUT2D eigenvalue weighted by Gasteiger charge is -2.14. The second-order valence-corrected chi connectivity index (χ2v) is 16.6. The molecule has 0 radical (unpaired) electrons. The van der Waals surface area contributed by atoms with Gasteiger partial charge in [-0.1, -0.05) is 206 Å². The third kappa shape index (κ3) is 23.1. The molecule has 2 aromatic carbocycles. The fraction of sp³-hybridized carbons (Fsp3) is 0.700. The fourth-order valence-electron chi connectivity index (χ4n) is 7.72. The van der Waals surface area contributed by atoms with Gasteiger partial charge in [-0.15, -0.1) is 0 Å². The topological polar surface area (TPSA) is 121 Å². The van der Waals surface area contributed by atoms with E-state index in [1.165, 1.54) is 184 Å². The average Bonchev–Trinajstić information content (AvgIpc) is 3.20. The van der Waals surface area contributed by atoms with E-state index in [-0.39, 0.29) is 28.4 Å². The van der Waals surface area contributed by atoms with Crippen molar-refractivity contribution in [1.82, 2.24) is 0 Å². The molecule has 0 aliphatic rings. The van der Waals surface area contributed by atoms with Crippen LogP contribution >= 0.6 is 0 Å². The summed E-state index contributed by atoms with van der Waals surface area (Å²) in [4.78, 5) is 38.2. The van der Waals surface area contributed by atoms with Crippen LogP contribution in [0.5, 0.6) is 11.5 Å². The van der Waals surface area contributed by atoms with Gasteiger partial charge in [0.05, 0.1) is 6.10 Å². The van der Waals surface area contributed by atoms with Crippen LogP contribution < -0.4 is 4.74 Å². The Bertz CT molecular complexity index is 1370.